The van der Waals surface area contributed by atoms with Gasteiger partial charge in [0.15, 0.2) is 0 Å². The van der Waals surface area contributed by atoms with Crippen LogP contribution in [0.2, 0.25) is 0 Å². The first kappa shape index (κ1) is 15.4. The molecule has 0 spiro atoms. The monoisotopic (exact) mass is 286 g/mol. The van der Waals surface area contributed by atoms with Gasteiger partial charge in [-0.2, -0.15) is 13.2 Å². The van der Waals surface area contributed by atoms with Crippen LogP contribution in [0, 0.1) is 6.92 Å². The standard InChI is InChI=1S/C14H18BF3O2/c1-9-6-7-10(14(16,17)18)11(8-9)15-19-12(2,3)13(4,5)20-15/h6-8H,1-5H3. The Morgan fingerprint density at radius 1 is 1.00 bits per heavy atom. The summed E-state index contributed by atoms with van der Waals surface area (Å²) in [6.07, 6.45) is -4.42. The number of aryl methyl sites for hydroxylation is 1. The number of hydrogen-bond donors (Lipinski definition) is 0. The summed E-state index contributed by atoms with van der Waals surface area (Å²) in [7, 11) is -1.00. The van der Waals surface area contributed by atoms with Gasteiger partial charge in [-0.1, -0.05) is 23.8 Å². The molecule has 0 saturated carbocycles. The first-order valence-corrected chi connectivity index (χ1v) is 6.47. The van der Waals surface area contributed by atoms with Crippen LogP contribution in [0.15, 0.2) is 18.2 Å². The molecule has 6 heteroatoms. The smallest absolute Gasteiger partial charge is 0.399 e. The Morgan fingerprint density at radius 2 is 1.50 bits per heavy atom. The van der Waals surface area contributed by atoms with Crippen molar-refractivity contribution in [1.82, 2.24) is 0 Å². The Kier molecular flexibility index (Phi) is 3.46. The third-order valence-corrected chi connectivity index (χ3v) is 4.02. The lowest BCUT2D eigenvalue weighted by atomic mass is 9.75. The molecule has 1 aliphatic heterocycles. The minimum atomic E-state index is -4.42. The van der Waals surface area contributed by atoms with Crippen LogP contribution in [0.25, 0.3) is 0 Å². The quantitative estimate of drug-likeness (QED) is 0.737. The van der Waals surface area contributed by atoms with Gasteiger partial charge in [0.2, 0.25) is 0 Å². The summed E-state index contributed by atoms with van der Waals surface area (Å²) in [6.45, 7) is 9.01. The lowest BCUT2D eigenvalue weighted by molar-refractivity contribution is -0.136. The predicted molar refractivity (Wildman–Crippen MR) is 71.9 cm³/mol. The van der Waals surface area contributed by atoms with Crippen molar-refractivity contribution in [2.75, 3.05) is 0 Å². The van der Waals surface area contributed by atoms with Crippen LogP contribution < -0.4 is 5.46 Å². The van der Waals surface area contributed by atoms with E-state index in [1.165, 1.54) is 12.1 Å². The Labute approximate surface area is 117 Å². The zero-order valence-electron chi connectivity index (χ0n) is 12.3. The third kappa shape index (κ3) is 2.59. The summed E-state index contributed by atoms with van der Waals surface area (Å²) in [4.78, 5) is 0. The van der Waals surface area contributed by atoms with E-state index in [2.05, 4.69) is 0 Å². The SMILES string of the molecule is Cc1ccc(C(F)(F)F)c(B2OC(C)(C)C(C)(C)O2)c1. The van der Waals surface area contributed by atoms with Crippen LogP contribution in [0.1, 0.15) is 38.8 Å². The van der Waals surface area contributed by atoms with Gasteiger partial charge in [-0.3, -0.25) is 0 Å². The molecule has 110 valence electrons. The summed E-state index contributed by atoms with van der Waals surface area (Å²) in [6, 6.07) is 4.00. The number of rotatable bonds is 1. The van der Waals surface area contributed by atoms with Gasteiger partial charge in [0.1, 0.15) is 0 Å². The molecule has 20 heavy (non-hydrogen) atoms. The molecule has 0 atom stereocenters. The molecule has 0 bridgehead atoms. The lowest BCUT2D eigenvalue weighted by Gasteiger charge is -2.32. The van der Waals surface area contributed by atoms with Crippen molar-refractivity contribution >= 4 is 12.6 Å². The van der Waals surface area contributed by atoms with Crippen molar-refractivity contribution in [3.63, 3.8) is 0 Å². The normalized spacial score (nSPS) is 21.3. The highest BCUT2D eigenvalue weighted by Gasteiger charge is 2.53. The fraction of sp³-hybridized carbons (Fsp3) is 0.571. The van der Waals surface area contributed by atoms with E-state index >= 15 is 0 Å². The molecule has 1 saturated heterocycles. The third-order valence-electron chi connectivity index (χ3n) is 4.02. The van der Waals surface area contributed by atoms with Gasteiger partial charge in [-0.15, -0.1) is 0 Å². The van der Waals surface area contributed by atoms with Crippen molar-refractivity contribution < 1.29 is 22.5 Å². The van der Waals surface area contributed by atoms with Gasteiger partial charge in [0.25, 0.3) is 0 Å². The summed E-state index contributed by atoms with van der Waals surface area (Å²) in [5.74, 6) is 0. The maximum absolute atomic E-state index is 13.1. The molecule has 2 rings (SSSR count). The van der Waals surface area contributed by atoms with E-state index in [1.54, 1.807) is 6.92 Å². The zero-order valence-corrected chi connectivity index (χ0v) is 12.3. The van der Waals surface area contributed by atoms with Crippen LogP contribution in [0.3, 0.4) is 0 Å². The molecule has 0 radical (unpaired) electrons. The van der Waals surface area contributed by atoms with Crippen LogP contribution in [-0.2, 0) is 15.5 Å². The van der Waals surface area contributed by atoms with Gasteiger partial charge >= 0.3 is 13.3 Å². The number of halogens is 3. The van der Waals surface area contributed by atoms with Gasteiger partial charge in [0, 0.05) is 0 Å². The van der Waals surface area contributed by atoms with E-state index in [0.29, 0.717) is 0 Å². The van der Waals surface area contributed by atoms with Crippen molar-refractivity contribution in [2.45, 2.75) is 52.0 Å². The van der Waals surface area contributed by atoms with E-state index in [1.807, 2.05) is 27.7 Å². The van der Waals surface area contributed by atoms with Crippen molar-refractivity contribution in [2.24, 2.45) is 0 Å². The summed E-state index contributed by atoms with van der Waals surface area (Å²) >= 11 is 0. The molecule has 1 aromatic carbocycles. The second-order valence-corrected chi connectivity index (χ2v) is 6.18. The molecule has 0 aromatic heterocycles. The maximum Gasteiger partial charge on any atom is 0.495 e. The van der Waals surface area contributed by atoms with E-state index in [0.717, 1.165) is 11.6 Å². The molecular formula is C14H18BF3O2. The first-order chi connectivity index (χ1) is 8.94. The zero-order chi connectivity index (χ0) is 15.3. The fourth-order valence-corrected chi connectivity index (χ4v) is 2.11. The molecule has 1 aromatic rings. The first-order valence-electron chi connectivity index (χ1n) is 6.47. The Balaban J connectivity index is 2.47. The predicted octanol–water partition coefficient (Wildman–Crippen LogP) is 3.31. The molecule has 2 nitrogen and oxygen atoms in total. The van der Waals surface area contributed by atoms with Gasteiger partial charge in [0.05, 0.1) is 16.8 Å². The Morgan fingerprint density at radius 3 is 1.95 bits per heavy atom. The van der Waals surface area contributed by atoms with Crippen LogP contribution in [0.4, 0.5) is 13.2 Å². The molecular weight excluding hydrogens is 268 g/mol. The second-order valence-electron chi connectivity index (χ2n) is 6.18. The highest BCUT2D eigenvalue weighted by molar-refractivity contribution is 6.62. The van der Waals surface area contributed by atoms with Gasteiger partial charge < -0.3 is 9.31 Å². The molecule has 0 aliphatic carbocycles. The molecule has 1 fully saturated rings. The molecule has 1 aliphatic rings. The highest BCUT2D eigenvalue weighted by atomic mass is 19.4. The maximum atomic E-state index is 13.1. The second kappa shape index (κ2) is 4.50. The number of hydrogen-bond acceptors (Lipinski definition) is 2. The van der Waals surface area contributed by atoms with Crippen LogP contribution >= 0.6 is 0 Å². The topological polar surface area (TPSA) is 18.5 Å². The fourth-order valence-electron chi connectivity index (χ4n) is 2.11. The minimum Gasteiger partial charge on any atom is -0.399 e. The molecule has 1 heterocycles. The number of benzene rings is 1. The molecule has 0 unspecified atom stereocenters. The summed E-state index contributed by atoms with van der Waals surface area (Å²) in [5.41, 5.74) is -1.25. The molecule has 0 N–H and O–H groups in total. The summed E-state index contributed by atoms with van der Waals surface area (Å²) < 4.78 is 50.8. The average molecular weight is 286 g/mol. The summed E-state index contributed by atoms with van der Waals surface area (Å²) in [5, 5.41) is 0. The lowest BCUT2D eigenvalue weighted by Crippen LogP contribution is -2.41. The van der Waals surface area contributed by atoms with E-state index in [4.69, 9.17) is 9.31 Å². The van der Waals surface area contributed by atoms with E-state index in [9.17, 15) is 13.2 Å². The highest BCUT2D eigenvalue weighted by Crippen LogP contribution is 2.38. The average Bonchev–Trinajstić information content (AvgIpc) is 2.46. The largest absolute Gasteiger partial charge is 0.495 e. The van der Waals surface area contributed by atoms with Crippen molar-refractivity contribution in [1.29, 1.82) is 0 Å². The Bertz CT molecular complexity index is 508. The minimum absolute atomic E-state index is 0.0381. The van der Waals surface area contributed by atoms with E-state index < -0.39 is 30.1 Å². The van der Waals surface area contributed by atoms with Crippen LogP contribution in [0.5, 0.6) is 0 Å². The van der Waals surface area contributed by atoms with E-state index in [-0.39, 0.29) is 5.46 Å². The van der Waals surface area contributed by atoms with Gasteiger partial charge in [-0.05, 0) is 40.1 Å². The van der Waals surface area contributed by atoms with Crippen molar-refractivity contribution in [3.8, 4) is 0 Å². The van der Waals surface area contributed by atoms with Crippen molar-refractivity contribution in [3.05, 3.63) is 29.3 Å². The number of alkyl halides is 3. The Hall–Kier alpha value is -1.01. The van der Waals surface area contributed by atoms with Crippen LogP contribution in [-0.4, -0.2) is 18.3 Å². The van der Waals surface area contributed by atoms with Gasteiger partial charge in [-0.25, -0.2) is 0 Å². The molecule has 0 amide bonds.